The molecule has 1 aliphatic heterocycles. The molecule has 1 aromatic carbocycles. The number of rotatable bonds is 3. The Morgan fingerprint density at radius 2 is 2.25 bits per heavy atom. The number of H-pyrrole nitrogens is 1. The van der Waals surface area contributed by atoms with Gasteiger partial charge in [0.15, 0.2) is 5.41 Å². The number of carbonyl (C=O) groups is 2. The van der Waals surface area contributed by atoms with Crippen LogP contribution < -0.4 is 5.32 Å². The third-order valence-corrected chi connectivity index (χ3v) is 4.89. The molecule has 0 spiro atoms. The molecular formula is C18H19N3O3. The largest absolute Gasteiger partial charge is 0.465 e. The fourth-order valence-corrected chi connectivity index (χ4v) is 3.46. The second-order valence-electron chi connectivity index (χ2n) is 6.42. The Labute approximate surface area is 139 Å². The minimum absolute atomic E-state index is 0.238. The number of nitrogens with one attached hydrogen (secondary N) is 2. The fraction of sp³-hybridized carbons (Fsp3) is 0.389. The van der Waals surface area contributed by atoms with Gasteiger partial charge in [-0.05, 0) is 50.8 Å². The number of benzene rings is 1. The third kappa shape index (κ3) is 1.99. The van der Waals surface area contributed by atoms with Crippen molar-refractivity contribution < 1.29 is 14.3 Å². The van der Waals surface area contributed by atoms with Crippen molar-refractivity contribution in [2.45, 2.75) is 38.5 Å². The highest BCUT2D eigenvalue weighted by Gasteiger charge is 2.50. The first-order chi connectivity index (χ1) is 11.5. The van der Waals surface area contributed by atoms with Gasteiger partial charge in [-0.25, -0.2) is 4.98 Å². The van der Waals surface area contributed by atoms with Gasteiger partial charge in [0, 0.05) is 11.3 Å². The van der Waals surface area contributed by atoms with Crippen LogP contribution in [0.4, 0.5) is 5.69 Å². The molecule has 1 aliphatic carbocycles. The van der Waals surface area contributed by atoms with Gasteiger partial charge in [-0.15, -0.1) is 0 Å². The molecular weight excluding hydrogens is 306 g/mol. The Balaban J connectivity index is 1.82. The van der Waals surface area contributed by atoms with Gasteiger partial charge in [0.2, 0.25) is 5.91 Å². The monoisotopic (exact) mass is 325 g/mol. The lowest BCUT2D eigenvalue weighted by Crippen LogP contribution is -2.40. The second kappa shape index (κ2) is 5.19. The van der Waals surface area contributed by atoms with E-state index in [2.05, 4.69) is 21.4 Å². The zero-order chi connectivity index (χ0) is 16.9. The van der Waals surface area contributed by atoms with E-state index in [9.17, 15) is 9.59 Å². The number of hydrogen-bond acceptors (Lipinski definition) is 4. The highest BCUT2D eigenvalue weighted by molar-refractivity contribution is 6.19. The summed E-state index contributed by atoms with van der Waals surface area (Å²) in [5.41, 5.74) is 2.77. The first-order valence-corrected chi connectivity index (χ1v) is 8.26. The quantitative estimate of drug-likeness (QED) is 0.671. The third-order valence-electron chi connectivity index (χ3n) is 4.89. The van der Waals surface area contributed by atoms with Crippen molar-refractivity contribution in [2.75, 3.05) is 11.9 Å². The number of aromatic amines is 1. The molecule has 0 fully saturated rings. The topological polar surface area (TPSA) is 84.1 Å². The Morgan fingerprint density at radius 3 is 2.96 bits per heavy atom. The number of imidazole rings is 1. The van der Waals surface area contributed by atoms with Crippen molar-refractivity contribution in [3.8, 4) is 0 Å². The molecule has 0 bridgehead atoms. The lowest BCUT2D eigenvalue weighted by Gasteiger charge is -2.19. The van der Waals surface area contributed by atoms with Crippen LogP contribution in [0.15, 0.2) is 18.2 Å². The van der Waals surface area contributed by atoms with E-state index in [1.807, 2.05) is 12.1 Å². The SMILES string of the molecule is CCOC(=O)C1(C)C(=O)Nc2cc3nc(C4=CCCC4)[nH]c3cc21. The van der Waals surface area contributed by atoms with E-state index in [1.54, 1.807) is 13.8 Å². The molecule has 2 heterocycles. The van der Waals surface area contributed by atoms with E-state index in [0.717, 1.165) is 36.1 Å². The number of hydrogen-bond donors (Lipinski definition) is 2. The summed E-state index contributed by atoms with van der Waals surface area (Å²) in [7, 11) is 0. The molecule has 0 saturated heterocycles. The minimum atomic E-state index is -1.32. The predicted octanol–water partition coefficient (Wildman–Crippen LogP) is 2.90. The summed E-state index contributed by atoms with van der Waals surface area (Å²) in [5, 5.41) is 2.79. The number of nitrogens with zero attached hydrogens (tertiary/aromatic N) is 1. The number of esters is 1. The number of fused-ring (bicyclic) bond motifs is 2. The normalized spacial score (nSPS) is 22.4. The molecule has 0 radical (unpaired) electrons. The van der Waals surface area contributed by atoms with E-state index >= 15 is 0 Å². The summed E-state index contributed by atoms with van der Waals surface area (Å²) in [6.45, 7) is 3.57. The van der Waals surface area contributed by atoms with Crippen molar-refractivity contribution in [3.05, 3.63) is 29.6 Å². The van der Waals surface area contributed by atoms with Gasteiger partial charge in [-0.3, -0.25) is 9.59 Å². The average molecular weight is 325 g/mol. The fourth-order valence-electron chi connectivity index (χ4n) is 3.46. The van der Waals surface area contributed by atoms with Gasteiger partial charge in [-0.1, -0.05) is 6.08 Å². The Hall–Kier alpha value is -2.63. The van der Waals surface area contributed by atoms with E-state index in [4.69, 9.17) is 4.74 Å². The molecule has 2 aromatic rings. The number of anilines is 1. The van der Waals surface area contributed by atoms with E-state index in [-0.39, 0.29) is 12.5 Å². The van der Waals surface area contributed by atoms with Gasteiger partial charge in [-0.2, -0.15) is 0 Å². The Kier molecular flexibility index (Phi) is 3.23. The zero-order valence-corrected chi connectivity index (χ0v) is 13.7. The van der Waals surface area contributed by atoms with Crippen molar-refractivity contribution in [1.82, 2.24) is 9.97 Å². The van der Waals surface area contributed by atoms with Crippen molar-refractivity contribution in [2.24, 2.45) is 0 Å². The number of allylic oxidation sites excluding steroid dienone is 2. The Bertz CT molecular complexity index is 896. The van der Waals surface area contributed by atoms with Crippen LogP contribution in [-0.2, 0) is 19.7 Å². The van der Waals surface area contributed by atoms with E-state index < -0.39 is 11.4 Å². The molecule has 4 rings (SSSR count). The summed E-state index contributed by atoms with van der Waals surface area (Å²) >= 11 is 0. The molecule has 1 unspecified atom stereocenters. The molecule has 124 valence electrons. The van der Waals surface area contributed by atoms with Crippen LogP contribution in [0.1, 0.15) is 44.5 Å². The molecule has 6 heteroatoms. The number of aromatic nitrogens is 2. The summed E-state index contributed by atoms with van der Waals surface area (Å²) < 4.78 is 5.12. The molecule has 2 N–H and O–H groups in total. The van der Waals surface area contributed by atoms with Crippen LogP contribution in [0.2, 0.25) is 0 Å². The molecule has 6 nitrogen and oxygen atoms in total. The van der Waals surface area contributed by atoms with Crippen LogP contribution in [0.3, 0.4) is 0 Å². The summed E-state index contributed by atoms with van der Waals surface area (Å²) in [5.74, 6) is -0.0171. The maximum Gasteiger partial charge on any atom is 0.326 e. The highest BCUT2D eigenvalue weighted by Crippen LogP contribution is 2.41. The van der Waals surface area contributed by atoms with Crippen molar-refractivity contribution >= 4 is 34.2 Å². The second-order valence-corrected chi connectivity index (χ2v) is 6.42. The first-order valence-electron chi connectivity index (χ1n) is 8.26. The van der Waals surface area contributed by atoms with Gasteiger partial charge in [0.25, 0.3) is 0 Å². The van der Waals surface area contributed by atoms with Crippen LogP contribution in [-0.4, -0.2) is 28.5 Å². The minimum Gasteiger partial charge on any atom is -0.465 e. The average Bonchev–Trinajstić information content (AvgIpc) is 3.25. The van der Waals surface area contributed by atoms with Crippen LogP contribution in [0.25, 0.3) is 16.6 Å². The molecule has 1 atom stereocenters. The maximum absolute atomic E-state index is 12.4. The molecule has 0 saturated carbocycles. The van der Waals surface area contributed by atoms with Crippen LogP contribution in [0.5, 0.6) is 0 Å². The van der Waals surface area contributed by atoms with Crippen LogP contribution >= 0.6 is 0 Å². The van der Waals surface area contributed by atoms with Crippen molar-refractivity contribution in [3.63, 3.8) is 0 Å². The molecule has 24 heavy (non-hydrogen) atoms. The van der Waals surface area contributed by atoms with Gasteiger partial charge < -0.3 is 15.0 Å². The van der Waals surface area contributed by atoms with Crippen LogP contribution in [0, 0.1) is 0 Å². The predicted molar refractivity (Wildman–Crippen MR) is 90.5 cm³/mol. The van der Waals surface area contributed by atoms with Gasteiger partial charge >= 0.3 is 5.97 Å². The first kappa shape index (κ1) is 14.9. The van der Waals surface area contributed by atoms with Crippen molar-refractivity contribution in [1.29, 1.82) is 0 Å². The van der Waals surface area contributed by atoms with Gasteiger partial charge in [0.05, 0.1) is 17.6 Å². The highest BCUT2D eigenvalue weighted by atomic mass is 16.5. The summed E-state index contributed by atoms with van der Waals surface area (Å²) in [6, 6.07) is 3.66. The Morgan fingerprint density at radius 1 is 1.42 bits per heavy atom. The number of carbonyl (C=O) groups excluding carboxylic acids is 2. The molecule has 1 aromatic heterocycles. The standard InChI is InChI=1S/C18H19N3O3/c1-3-24-17(23)18(2)11-8-13-14(9-12(11)21-16(18)22)20-15(19-13)10-6-4-5-7-10/h6,8-9H,3-5,7H2,1-2H3,(H,19,20)(H,21,22). The van der Waals surface area contributed by atoms with E-state index in [1.165, 1.54) is 5.57 Å². The summed E-state index contributed by atoms with van der Waals surface area (Å²) in [6.07, 6.45) is 5.46. The van der Waals surface area contributed by atoms with Gasteiger partial charge in [0.1, 0.15) is 5.82 Å². The molecule has 2 aliphatic rings. The molecule has 1 amide bonds. The van der Waals surface area contributed by atoms with E-state index in [0.29, 0.717) is 11.3 Å². The number of amides is 1. The lowest BCUT2D eigenvalue weighted by molar-refractivity contribution is -0.152. The zero-order valence-electron chi connectivity index (χ0n) is 13.7. The smallest absolute Gasteiger partial charge is 0.326 e. The lowest BCUT2D eigenvalue weighted by atomic mass is 9.83. The maximum atomic E-state index is 12.4. The summed E-state index contributed by atoms with van der Waals surface area (Å²) in [4.78, 5) is 32.7. The number of ether oxygens (including phenoxy) is 1.